The van der Waals surface area contributed by atoms with Gasteiger partial charge in [-0.15, -0.1) is 0 Å². The zero-order valence-electron chi connectivity index (χ0n) is 21.1. The maximum atomic E-state index is 12.7. The molecule has 0 fully saturated rings. The number of phenols is 1. The summed E-state index contributed by atoms with van der Waals surface area (Å²) in [6.45, 7) is 22.4. The molecule has 2 aromatic rings. The number of ether oxygens (including phenoxy) is 1. The summed E-state index contributed by atoms with van der Waals surface area (Å²) in [6.07, 6.45) is -0.488. The van der Waals surface area contributed by atoms with Crippen LogP contribution in [0.5, 0.6) is 5.75 Å². The Balaban J connectivity index is 2.22. The van der Waals surface area contributed by atoms with Gasteiger partial charge in [0.15, 0.2) is 0 Å². The summed E-state index contributed by atoms with van der Waals surface area (Å²) in [5, 5.41) is 13.8. The standard InChI is InChI=1S/C28H39NO3/c1-18(2)20-12-11-13-21(16-20)28(9,10)29-25(31)32-17-19-14-22(26(3,4)5)24(30)23(15-19)27(6,7)8/h11-16,30H,1,17H2,2-10H3,(H,29,31). The van der Waals surface area contributed by atoms with E-state index in [-0.39, 0.29) is 17.4 Å². The van der Waals surface area contributed by atoms with E-state index in [2.05, 4.69) is 53.4 Å². The number of carbonyl (C=O) groups is 1. The first-order valence-electron chi connectivity index (χ1n) is 11.1. The van der Waals surface area contributed by atoms with Gasteiger partial charge in [0.05, 0.1) is 5.54 Å². The number of allylic oxidation sites excluding steroid dienone is 1. The predicted octanol–water partition coefficient (Wildman–Crippen LogP) is 7.18. The summed E-state index contributed by atoms with van der Waals surface area (Å²) >= 11 is 0. The van der Waals surface area contributed by atoms with Gasteiger partial charge in [-0.2, -0.15) is 0 Å². The number of hydrogen-bond donors (Lipinski definition) is 2. The zero-order valence-corrected chi connectivity index (χ0v) is 21.1. The second-order valence-corrected chi connectivity index (χ2v) is 11.2. The van der Waals surface area contributed by atoms with Crippen molar-refractivity contribution in [3.63, 3.8) is 0 Å². The third-order valence-corrected chi connectivity index (χ3v) is 5.65. The molecule has 0 saturated heterocycles. The number of amides is 1. The number of nitrogens with one attached hydrogen (secondary N) is 1. The molecular formula is C28H39NO3. The molecule has 0 unspecified atom stereocenters. The lowest BCUT2D eigenvalue weighted by Crippen LogP contribution is -2.41. The highest BCUT2D eigenvalue weighted by atomic mass is 16.5. The van der Waals surface area contributed by atoms with E-state index in [1.165, 1.54) is 0 Å². The number of carbonyl (C=O) groups excluding carboxylic acids is 1. The van der Waals surface area contributed by atoms with Crippen molar-refractivity contribution in [2.75, 3.05) is 0 Å². The van der Waals surface area contributed by atoms with Crippen molar-refractivity contribution < 1.29 is 14.6 Å². The topological polar surface area (TPSA) is 58.6 Å². The summed E-state index contributed by atoms with van der Waals surface area (Å²) in [6, 6.07) is 11.8. The summed E-state index contributed by atoms with van der Waals surface area (Å²) in [5.41, 5.74) is 4.46. The summed E-state index contributed by atoms with van der Waals surface area (Å²) in [7, 11) is 0. The van der Waals surface area contributed by atoms with Gasteiger partial charge in [0, 0.05) is 0 Å². The van der Waals surface area contributed by atoms with Gasteiger partial charge in [0.25, 0.3) is 0 Å². The molecule has 0 aliphatic heterocycles. The fraction of sp³-hybridized carbons (Fsp3) is 0.464. The highest BCUT2D eigenvalue weighted by Gasteiger charge is 2.27. The van der Waals surface area contributed by atoms with Gasteiger partial charge in [-0.1, -0.05) is 71.9 Å². The van der Waals surface area contributed by atoms with E-state index < -0.39 is 11.6 Å². The van der Waals surface area contributed by atoms with Crippen LogP contribution in [0.4, 0.5) is 4.79 Å². The van der Waals surface area contributed by atoms with Crippen molar-refractivity contribution in [1.29, 1.82) is 0 Å². The van der Waals surface area contributed by atoms with Gasteiger partial charge in [-0.3, -0.25) is 0 Å². The van der Waals surface area contributed by atoms with Crippen molar-refractivity contribution >= 4 is 11.7 Å². The van der Waals surface area contributed by atoms with Crippen LogP contribution in [0.3, 0.4) is 0 Å². The lowest BCUT2D eigenvalue weighted by atomic mass is 9.78. The van der Waals surface area contributed by atoms with E-state index in [1.54, 1.807) is 0 Å². The van der Waals surface area contributed by atoms with Crippen molar-refractivity contribution in [1.82, 2.24) is 5.32 Å². The molecule has 0 aliphatic rings. The first-order valence-corrected chi connectivity index (χ1v) is 11.1. The van der Waals surface area contributed by atoms with Crippen LogP contribution in [0, 0.1) is 0 Å². The zero-order chi connectivity index (χ0) is 24.5. The molecule has 4 heteroatoms. The molecule has 0 aromatic heterocycles. The van der Waals surface area contributed by atoms with Crippen molar-refractivity contribution in [2.24, 2.45) is 0 Å². The smallest absolute Gasteiger partial charge is 0.408 e. The van der Waals surface area contributed by atoms with Crippen LogP contribution >= 0.6 is 0 Å². The van der Waals surface area contributed by atoms with Crippen molar-refractivity contribution in [2.45, 2.75) is 85.3 Å². The minimum Gasteiger partial charge on any atom is -0.507 e. The summed E-state index contributed by atoms with van der Waals surface area (Å²) < 4.78 is 5.59. The van der Waals surface area contributed by atoms with E-state index in [0.717, 1.165) is 33.4 Å². The molecule has 0 spiro atoms. The Hall–Kier alpha value is -2.75. The van der Waals surface area contributed by atoms with Gasteiger partial charge in [0.2, 0.25) is 0 Å². The molecule has 32 heavy (non-hydrogen) atoms. The molecule has 0 radical (unpaired) electrons. The lowest BCUT2D eigenvalue weighted by molar-refractivity contribution is 0.129. The van der Waals surface area contributed by atoms with E-state index in [9.17, 15) is 9.90 Å². The van der Waals surface area contributed by atoms with Gasteiger partial charge >= 0.3 is 6.09 Å². The SMILES string of the molecule is C=C(C)c1cccc(C(C)(C)NC(=O)OCc2cc(C(C)(C)C)c(O)c(C(C)(C)C)c2)c1. The Kier molecular flexibility index (Phi) is 7.18. The maximum Gasteiger partial charge on any atom is 0.408 e. The number of hydrogen-bond acceptors (Lipinski definition) is 3. The molecule has 0 bridgehead atoms. The molecular weight excluding hydrogens is 398 g/mol. The highest BCUT2D eigenvalue weighted by Crippen LogP contribution is 2.40. The van der Waals surface area contributed by atoms with Crippen LogP contribution in [0.1, 0.15) is 90.1 Å². The summed E-state index contributed by atoms with van der Waals surface area (Å²) in [5.74, 6) is 0.316. The van der Waals surface area contributed by atoms with Crippen LogP contribution in [-0.4, -0.2) is 11.2 Å². The Morgan fingerprint density at radius 3 is 1.97 bits per heavy atom. The van der Waals surface area contributed by atoms with Gasteiger partial charge < -0.3 is 15.2 Å². The molecule has 4 nitrogen and oxygen atoms in total. The quantitative estimate of drug-likeness (QED) is 0.521. The Labute approximate surface area is 193 Å². The number of benzene rings is 2. The number of phenolic OH excluding ortho intramolecular Hbond substituents is 1. The van der Waals surface area contributed by atoms with Crippen molar-refractivity contribution in [3.8, 4) is 5.75 Å². The number of alkyl carbamates (subject to hydrolysis) is 1. The Morgan fingerprint density at radius 2 is 1.50 bits per heavy atom. The minimum atomic E-state index is -0.607. The molecule has 2 N–H and O–H groups in total. The first kappa shape index (κ1) is 25.5. The van der Waals surface area contributed by atoms with Crippen LogP contribution in [-0.2, 0) is 27.7 Å². The van der Waals surface area contributed by atoms with Crippen LogP contribution < -0.4 is 5.32 Å². The Morgan fingerprint density at radius 1 is 0.969 bits per heavy atom. The molecule has 0 heterocycles. The molecule has 1 amide bonds. The van der Waals surface area contributed by atoms with Gasteiger partial charge in [0.1, 0.15) is 12.4 Å². The first-order chi connectivity index (χ1) is 14.5. The highest BCUT2D eigenvalue weighted by molar-refractivity contribution is 5.69. The number of rotatable bonds is 5. The maximum absolute atomic E-state index is 12.7. The molecule has 174 valence electrons. The molecule has 0 saturated carbocycles. The predicted molar refractivity (Wildman–Crippen MR) is 133 cm³/mol. The van der Waals surface area contributed by atoms with Crippen molar-refractivity contribution in [3.05, 3.63) is 70.8 Å². The lowest BCUT2D eigenvalue weighted by Gasteiger charge is -2.29. The van der Waals surface area contributed by atoms with Gasteiger partial charge in [-0.05, 0) is 77.6 Å². The van der Waals surface area contributed by atoms with E-state index in [1.807, 2.05) is 57.2 Å². The fourth-order valence-electron chi connectivity index (χ4n) is 3.61. The fourth-order valence-corrected chi connectivity index (χ4v) is 3.61. The van der Waals surface area contributed by atoms with E-state index >= 15 is 0 Å². The summed E-state index contributed by atoms with van der Waals surface area (Å²) in [4.78, 5) is 12.7. The molecule has 2 rings (SSSR count). The van der Waals surface area contributed by atoms with E-state index in [4.69, 9.17) is 4.74 Å². The second-order valence-electron chi connectivity index (χ2n) is 11.2. The molecule has 2 aromatic carbocycles. The average molecular weight is 438 g/mol. The van der Waals surface area contributed by atoms with Crippen LogP contribution in [0.2, 0.25) is 0 Å². The Bertz CT molecular complexity index is 969. The van der Waals surface area contributed by atoms with Crippen LogP contribution in [0.15, 0.2) is 43.0 Å². The molecule has 0 atom stereocenters. The van der Waals surface area contributed by atoms with Gasteiger partial charge in [-0.25, -0.2) is 4.79 Å². The largest absolute Gasteiger partial charge is 0.507 e. The third-order valence-electron chi connectivity index (χ3n) is 5.65. The normalized spacial score (nSPS) is 12.4. The average Bonchev–Trinajstić information content (AvgIpc) is 2.65. The third kappa shape index (κ3) is 6.15. The number of aromatic hydroxyl groups is 1. The monoisotopic (exact) mass is 437 g/mol. The molecule has 0 aliphatic carbocycles. The van der Waals surface area contributed by atoms with Crippen LogP contribution in [0.25, 0.3) is 5.57 Å². The van der Waals surface area contributed by atoms with E-state index in [0.29, 0.717) is 5.75 Å². The second kappa shape index (κ2) is 9.01. The minimum absolute atomic E-state index is 0.125.